The van der Waals surface area contributed by atoms with Gasteiger partial charge in [-0.2, -0.15) is 0 Å². The van der Waals surface area contributed by atoms with Gasteiger partial charge in [-0.1, -0.05) is 60.4 Å². The van der Waals surface area contributed by atoms with Crippen LogP contribution in [0, 0.1) is 11.8 Å². The average molecular weight is 503 g/mol. The maximum absolute atomic E-state index is 12.8. The summed E-state index contributed by atoms with van der Waals surface area (Å²) in [5, 5.41) is 11.6. The topological polar surface area (TPSA) is 106 Å². The zero-order valence-corrected chi connectivity index (χ0v) is 20.4. The number of hydroxylamine groups is 1. The van der Waals surface area contributed by atoms with Crippen molar-refractivity contribution in [3.05, 3.63) is 102 Å². The molecule has 1 atom stereocenters. The van der Waals surface area contributed by atoms with Crippen molar-refractivity contribution >= 4 is 11.8 Å². The molecule has 0 saturated heterocycles. The monoisotopic (exact) mass is 502 g/mol. The summed E-state index contributed by atoms with van der Waals surface area (Å²) in [6.07, 6.45) is 0.303. The van der Waals surface area contributed by atoms with E-state index < -0.39 is 11.9 Å². The minimum atomic E-state index is -0.543. The summed E-state index contributed by atoms with van der Waals surface area (Å²) >= 11 is 0. The molecule has 8 heteroatoms. The summed E-state index contributed by atoms with van der Waals surface area (Å²) in [6.45, 7) is 0.835. The Morgan fingerprint density at radius 2 is 1.59 bits per heavy atom. The van der Waals surface area contributed by atoms with Crippen molar-refractivity contribution in [1.82, 2.24) is 10.8 Å². The number of ether oxygens (including phenoxy) is 3. The number of hydrogen-bond acceptors (Lipinski definition) is 6. The molecule has 3 aromatic carbocycles. The maximum Gasteiger partial charge on any atom is 0.251 e. The van der Waals surface area contributed by atoms with Gasteiger partial charge in [-0.25, -0.2) is 5.48 Å². The van der Waals surface area contributed by atoms with Gasteiger partial charge in [-0.15, -0.1) is 0 Å². The minimum Gasteiger partial charge on any atom is -0.481 e. The summed E-state index contributed by atoms with van der Waals surface area (Å²) in [7, 11) is 0. The van der Waals surface area contributed by atoms with Crippen LogP contribution in [0.15, 0.2) is 84.9 Å². The molecule has 0 bridgehead atoms. The fourth-order valence-electron chi connectivity index (χ4n) is 3.29. The first-order valence-electron chi connectivity index (χ1n) is 11.8. The number of carbonyl (C=O) groups is 2. The van der Waals surface area contributed by atoms with Gasteiger partial charge in [-0.05, 0) is 48.4 Å². The molecular weight excluding hydrogens is 472 g/mol. The lowest BCUT2D eigenvalue weighted by molar-refractivity contribution is -0.129. The van der Waals surface area contributed by atoms with Gasteiger partial charge in [0.2, 0.25) is 5.91 Å². The number of rotatable bonds is 13. The molecule has 8 nitrogen and oxygen atoms in total. The second-order valence-electron chi connectivity index (χ2n) is 8.05. The molecule has 0 aromatic heterocycles. The average Bonchev–Trinajstić information content (AvgIpc) is 2.95. The molecule has 0 fully saturated rings. The summed E-state index contributed by atoms with van der Waals surface area (Å²) in [5.41, 5.74) is 3.82. The third kappa shape index (κ3) is 10.5. The SMILES string of the molecule is O=C(CCC(COCOCc1ccccc1)NC(=O)c1ccc(C#CCOc2ccccc2)cc1)NO. The fourth-order valence-corrected chi connectivity index (χ4v) is 3.29. The molecular formula is C29H30N2O6. The van der Waals surface area contributed by atoms with Gasteiger partial charge in [-0.3, -0.25) is 14.8 Å². The van der Waals surface area contributed by atoms with Crippen LogP contribution < -0.4 is 15.5 Å². The Balaban J connectivity index is 1.47. The first kappa shape index (κ1) is 27.4. The normalized spacial score (nSPS) is 11.1. The maximum atomic E-state index is 12.8. The first-order valence-corrected chi connectivity index (χ1v) is 11.8. The number of nitrogens with one attached hydrogen (secondary N) is 2. The molecule has 0 aliphatic carbocycles. The van der Waals surface area contributed by atoms with Crippen molar-refractivity contribution in [3.8, 4) is 17.6 Å². The highest BCUT2D eigenvalue weighted by atomic mass is 16.7. The zero-order valence-electron chi connectivity index (χ0n) is 20.4. The number of hydrogen-bond donors (Lipinski definition) is 3. The summed E-state index contributed by atoms with van der Waals surface area (Å²) < 4.78 is 16.6. The van der Waals surface area contributed by atoms with E-state index in [-0.39, 0.29) is 38.8 Å². The second-order valence-corrected chi connectivity index (χ2v) is 8.05. The van der Waals surface area contributed by atoms with Gasteiger partial charge in [0.05, 0.1) is 19.3 Å². The molecule has 2 amide bonds. The zero-order chi connectivity index (χ0) is 26.1. The lowest BCUT2D eigenvalue weighted by atomic mass is 10.1. The van der Waals surface area contributed by atoms with Crippen LogP contribution in [0.2, 0.25) is 0 Å². The molecule has 0 aliphatic rings. The number of carbonyl (C=O) groups excluding carboxylic acids is 2. The van der Waals surface area contributed by atoms with Gasteiger partial charge >= 0.3 is 0 Å². The van der Waals surface area contributed by atoms with E-state index in [4.69, 9.17) is 19.4 Å². The number of para-hydroxylation sites is 1. The van der Waals surface area contributed by atoms with Gasteiger partial charge in [0.25, 0.3) is 5.91 Å². The molecule has 0 spiro atoms. The number of benzene rings is 3. The lowest BCUT2D eigenvalue weighted by Crippen LogP contribution is -2.39. The quantitative estimate of drug-likeness (QED) is 0.108. The Hall–Kier alpha value is -4.16. The van der Waals surface area contributed by atoms with Crippen molar-refractivity contribution in [3.63, 3.8) is 0 Å². The van der Waals surface area contributed by atoms with Crippen LogP contribution in [0.1, 0.15) is 34.3 Å². The largest absolute Gasteiger partial charge is 0.481 e. The highest BCUT2D eigenvalue weighted by Crippen LogP contribution is 2.09. The van der Waals surface area contributed by atoms with Crippen LogP contribution in [-0.2, 0) is 20.9 Å². The molecule has 3 aromatic rings. The number of amides is 2. The van der Waals surface area contributed by atoms with E-state index in [1.165, 1.54) is 0 Å². The van der Waals surface area contributed by atoms with Crippen molar-refractivity contribution in [2.24, 2.45) is 0 Å². The summed E-state index contributed by atoms with van der Waals surface area (Å²) in [5.74, 6) is 5.85. The van der Waals surface area contributed by atoms with E-state index in [9.17, 15) is 9.59 Å². The Morgan fingerprint density at radius 3 is 2.30 bits per heavy atom. The van der Waals surface area contributed by atoms with E-state index >= 15 is 0 Å². The van der Waals surface area contributed by atoms with Gasteiger partial charge in [0.15, 0.2) is 0 Å². The lowest BCUT2D eigenvalue weighted by Gasteiger charge is -2.19. The Kier molecular flexibility index (Phi) is 11.7. The predicted octanol–water partition coefficient (Wildman–Crippen LogP) is 3.69. The molecule has 0 heterocycles. The van der Waals surface area contributed by atoms with Crippen LogP contribution >= 0.6 is 0 Å². The van der Waals surface area contributed by atoms with E-state index in [1.54, 1.807) is 29.7 Å². The van der Waals surface area contributed by atoms with Gasteiger partial charge < -0.3 is 19.5 Å². The van der Waals surface area contributed by atoms with Crippen LogP contribution in [0.5, 0.6) is 5.75 Å². The van der Waals surface area contributed by atoms with Gasteiger partial charge in [0, 0.05) is 17.5 Å². The molecule has 3 rings (SSSR count). The molecule has 37 heavy (non-hydrogen) atoms. The molecule has 3 N–H and O–H groups in total. The van der Waals surface area contributed by atoms with Crippen LogP contribution in [-0.4, -0.2) is 43.1 Å². The summed E-state index contributed by atoms with van der Waals surface area (Å²) in [4.78, 5) is 24.2. The molecule has 0 aliphatic heterocycles. The van der Waals surface area contributed by atoms with Crippen LogP contribution in [0.3, 0.4) is 0 Å². The minimum absolute atomic E-state index is 0.0231. The summed E-state index contributed by atoms with van der Waals surface area (Å²) in [6, 6.07) is 25.5. The Labute approximate surface area is 216 Å². The van der Waals surface area contributed by atoms with Crippen molar-refractivity contribution in [2.45, 2.75) is 25.5 Å². The smallest absolute Gasteiger partial charge is 0.251 e. The molecule has 0 saturated carbocycles. The van der Waals surface area contributed by atoms with E-state index in [2.05, 4.69) is 17.2 Å². The molecule has 192 valence electrons. The first-order chi connectivity index (χ1) is 18.1. The third-order valence-electron chi connectivity index (χ3n) is 5.21. The van der Waals surface area contributed by atoms with Crippen LogP contribution in [0.25, 0.3) is 0 Å². The van der Waals surface area contributed by atoms with E-state index in [0.29, 0.717) is 12.2 Å². The highest BCUT2D eigenvalue weighted by Gasteiger charge is 2.16. The van der Waals surface area contributed by atoms with Crippen molar-refractivity contribution in [1.29, 1.82) is 0 Å². The second kappa shape index (κ2) is 15.8. The van der Waals surface area contributed by atoms with E-state index in [0.717, 1.165) is 16.9 Å². The van der Waals surface area contributed by atoms with Crippen molar-refractivity contribution < 1.29 is 29.0 Å². The Morgan fingerprint density at radius 1 is 0.892 bits per heavy atom. The highest BCUT2D eigenvalue weighted by molar-refractivity contribution is 5.94. The predicted molar refractivity (Wildman–Crippen MR) is 138 cm³/mol. The standard InChI is InChI=1S/C29H30N2O6/c32-28(31-34)18-17-26(21-36-22-35-20-24-8-3-1-4-9-24)30-29(33)25-15-13-23(14-16-25)10-7-19-37-27-11-5-2-6-12-27/h1-6,8-9,11-16,26,34H,17-22H2,(H,30,33)(H,31,32). The Bertz CT molecular complexity index is 1160. The third-order valence-corrected chi connectivity index (χ3v) is 5.21. The van der Waals surface area contributed by atoms with Crippen molar-refractivity contribution in [2.75, 3.05) is 20.0 Å². The fraction of sp³-hybridized carbons (Fsp3) is 0.241. The van der Waals surface area contributed by atoms with Gasteiger partial charge in [0.1, 0.15) is 19.1 Å². The molecule has 1 unspecified atom stereocenters. The molecule has 0 radical (unpaired) electrons. The van der Waals surface area contributed by atoms with Crippen LogP contribution in [0.4, 0.5) is 0 Å². The van der Waals surface area contributed by atoms with E-state index in [1.807, 2.05) is 60.7 Å².